The lowest BCUT2D eigenvalue weighted by Crippen LogP contribution is -2.13. The standard InChI is InChI=1S/C14H9BrF4N2O4/c1-24-12(22)5-3-7(8(16)4-6(5)13(23)25-2)11-20-9(10(15)21-11)14(17,18)19/h3-4H,1-2H3,(H,20,21). The van der Waals surface area contributed by atoms with E-state index in [-0.39, 0.29) is 5.56 Å². The van der Waals surface area contributed by atoms with Crippen molar-refractivity contribution in [1.82, 2.24) is 9.97 Å². The van der Waals surface area contributed by atoms with Crippen LogP contribution >= 0.6 is 15.9 Å². The molecule has 0 saturated heterocycles. The Hall–Kier alpha value is -2.43. The third-order valence-corrected chi connectivity index (χ3v) is 3.69. The predicted molar refractivity (Wildman–Crippen MR) is 79.4 cm³/mol. The molecule has 0 bridgehead atoms. The zero-order chi connectivity index (χ0) is 18.9. The van der Waals surface area contributed by atoms with Crippen LogP contribution in [0.1, 0.15) is 26.4 Å². The Balaban J connectivity index is 2.67. The maximum atomic E-state index is 14.3. The number of carbonyl (C=O) groups is 2. The number of rotatable bonds is 3. The molecule has 6 nitrogen and oxygen atoms in total. The van der Waals surface area contributed by atoms with E-state index in [4.69, 9.17) is 0 Å². The second-order valence-electron chi connectivity index (χ2n) is 4.61. The summed E-state index contributed by atoms with van der Waals surface area (Å²) in [6.07, 6.45) is -4.75. The maximum Gasteiger partial charge on any atom is 0.433 e. The van der Waals surface area contributed by atoms with Crippen molar-refractivity contribution < 1.29 is 36.6 Å². The summed E-state index contributed by atoms with van der Waals surface area (Å²) < 4.78 is 61.1. The minimum absolute atomic E-state index is 0.383. The molecule has 0 saturated carbocycles. The molecular formula is C14H9BrF4N2O4. The van der Waals surface area contributed by atoms with Crippen molar-refractivity contribution in [3.05, 3.63) is 39.4 Å². The van der Waals surface area contributed by atoms with Crippen LogP contribution in [0.3, 0.4) is 0 Å². The molecule has 0 radical (unpaired) electrons. The van der Waals surface area contributed by atoms with Gasteiger partial charge in [-0.2, -0.15) is 13.2 Å². The lowest BCUT2D eigenvalue weighted by atomic mass is 10.0. The highest BCUT2D eigenvalue weighted by molar-refractivity contribution is 9.10. The number of methoxy groups -OCH3 is 2. The second kappa shape index (κ2) is 6.82. The number of hydrogen-bond acceptors (Lipinski definition) is 5. The fraction of sp³-hybridized carbons (Fsp3) is 0.214. The van der Waals surface area contributed by atoms with E-state index >= 15 is 0 Å². The first-order chi connectivity index (χ1) is 11.6. The minimum atomic E-state index is -4.75. The summed E-state index contributed by atoms with van der Waals surface area (Å²) in [6, 6.07) is 1.52. The Bertz CT molecular complexity index is 848. The Morgan fingerprint density at radius 3 is 2.08 bits per heavy atom. The number of aromatic nitrogens is 2. The van der Waals surface area contributed by atoms with Gasteiger partial charge in [0.25, 0.3) is 0 Å². The molecule has 25 heavy (non-hydrogen) atoms. The fourth-order valence-electron chi connectivity index (χ4n) is 1.98. The van der Waals surface area contributed by atoms with Crippen molar-refractivity contribution in [3.63, 3.8) is 0 Å². The van der Waals surface area contributed by atoms with Crippen LogP contribution in [0, 0.1) is 5.82 Å². The number of ether oxygens (including phenoxy) is 2. The monoisotopic (exact) mass is 424 g/mol. The van der Waals surface area contributed by atoms with Gasteiger partial charge in [0.05, 0.1) is 30.9 Å². The summed E-state index contributed by atoms with van der Waals surface area (Å²) in [5.41, 5.74) is -2.49. The fourth-order valence-corrected chi connectivity index (χ4v) is 2.48. The normalized spacial score (nSPS) is 11.3. The Labute approximate surface area is 146 Å². The SMILES string of the molecule is COC(=O)c1cc(F)c(-c2nc(Br)c(C(F)(F)F)[nH]2)cc1C(=O)OC. The van der Waals surface area contributed by atoms with Gasteiger partial charge in [-0.05, 0) is 28.1 Å². The molecule has 1 aromatic heterocycles. The van der Waals surface area contributed by atoms with Crippen molar-refractivity contribution >= 4 is 27.9 Å². The topological polar surface area (TPSA) is 81.3 Å². The van der Waals surface area contributed by atoms with E-state index in [1.54, 1.807) is 0 Å². The van der Waals surface area contributed by atoms with Gasteiger partial charge in [0.15, 0.2) is 5.69 Å². The minimum Gasteiger partial charge on any atom is -0.465 e. The van der Waals surface area contributed by atoms with Crippen LogP contribution in [0.15, 0.2) is 16.7 Å². The molecule has 0 aliphatic rings. The largest absolute Gasteiger partial charge is 0.465 e. The molecule has 0 spiro atoms. The first kappa shape index (κ1) is 18.9. The molecule has 1 heterocycles. The molecule has 0 amide bonds. The number of halogens is 5. The zero-order valence-corrected chi connectivity index (χ0v) is 14.2. The number of aromatic amines is 1. The van der Waals surface area contributed by atoms with Gasteiger partial charge in [-0.3, -0.25) is 0 Å². The number of alkyl halides is 3. The van der Waals surface area contributed by atoms with Crippen LogP contribution in [0.4, 0.5) is 17.6 Å². The lowest BCUT2D eigenvalue weighted by Gasteiger charge is -2.09. The van der Waals surface area contributed by atoms with E-state index in [0.29, 0.717) is 6.07 Å². The predicted octanol–water partition coefficient (Wildman–Crippen LogP) is 3.57. The number of esters is 2. The summed E-state index contributed by atoms with van der Waals surface area (Å²) in [5.74, 6) is -3.58. The van der Waals surface area contributed by atoms with Crippen LogP contribution in [0.5, 0.6) is 0 Å². The highest BCUT2D eigenvalue weighted by Crippen LogP contribution is 2.36. The summed E-state index contributed by atoms with van der Waals surface area (Å²) in [4.78, 5) is 29.0. The quantitative estimate of drug-likeness (QED) is 0.601. The van der Waals surface area contributed by atoms with Gasteiger partial charge in [-0.15, -0.1) is 0 Å². The molecule has 0 atom stereocenters. The third kappa shape index (κ3) is 3.65. The smallest absolute Gasteiger partial charge is 0.433 e. The third-order valence-electron chi connectivity index (χ3n) is 3.12. The summed E-state index contributed by atoms with van der Waals surface area (Å²) in [5, 5.41) is 0. The lowest BCUT2D eigenvalue weighted by molar-refractivity contribution is -0.141. The number of nitrogens with one attached hydrogen (secondary N) is 1. The molecule has 11 heteroatoms. The second-order valence-corrected chi connectivity index (χ2v) is 5.36. The van der Waals surface area contributed by atoms with Crippen molar-refractivity contribution in [2.75, 3.05) is 14.2 Å². The molecule has 134 valence electrons. The van der Waals surface area contributed by atoms with Crippen LogP contribution in [-0.4, -0.2) is 36.1 Å². The average molecular weight is 425 g/mol. The molecule has 0 unspecified atom stereocenters. The van der Waals surface area contributed by atoms with Crippen LogP contribution in [-0.2, 0) is 15.7 Å². The Kier molecular flexibility index (Phi) is 5.16. The van der Waals surface area contributed by atoms with E-state index in [1.807, 2.05) is 4.98 Å². The Morgan fingerprint density at radius 2 is 1.64 bits per heavy atom. The highest BCUT2D eigenvalue weighted by atomic mass is 79.9. The number of carbonyl (C=O) groups excluding carboxylic acids is 2. The van der Waals surface area contributed by atoms with Gasteiger partial charge < -0.3 is 14.5 Å². The van der Waals surface area contributed by atoms with Crippen LogP contribution in [0.25, 0.3) is 11.4 Å². The number of hydrogen-bond donors (Lipinski definition) is 1. The van der Waals surface area contributed by atoms with Crippen molar-refractivity contribution in [1.29, 1.82) is 0 Å². The summed E-state index contributed by atoms with van der Waals surface area (Å²) >= 11 is 2.63. The number of H-pyrrole nitrogens is 1. The van der Waals surface area contributed by atoms with E-state index in [0.717, 1.165) is 20.3 Å². The molecular weight excluding hydrogens is 416 g/mol. The zero-order valence-electron chi connectivity index (χ0n) is 12.6. The number of imidazole rings is 1. The van der Waals surface area contributed by atoms with Crippen LogP contribution < -0.4 is 0 Å². The molecule has 1 N–H and O–H groups in total. The van der Waals surface area contributed by atoms with Crippen molar-refractivity contribution in [2.45, 2.75) is 6.18 Å². The van der Waals surface area contributed by atoms with Gasteiger partial charge >= 0.3 is 18.1 Å². The van der Waals surface area contributed by atoms with Crippen molar-refractivity contribution in [3.8, 4) is 11.4 Å². The number of nitrogens with zero attached hydrogens (tertiary/aromatic N) is 1. The van der Waals surface area contributed by atoms with E-state index in [1.165, 1.54) is 0 Å². The molecule has 2 aromatic rings. The number of benzene rings is 1. The van der Waals surface area contributed by atoms with Gasteiger partial charge in [0.2, 0.25) is 0 Å². The highest BCUT2D eigenvalue weighted by Gasteiger charge is 2.37. The first-order valence-corrected chi connectivity index (χ1v) is 7.22. The molecule has 0 fully saturated rings. The maximum absolute atomic E-state index is 14.3. The van der Waals surface area contributed by atoms with E-state index < -0.39 is 51.2 Å². The van der Waals surface area contributed by atoms with E-state index in [2.05, 4.69) is 30.4 Å². The molecule has 2 rings (SSSR count). The molecule has 0 aliphatic carbocycles. The van der Waals surface area contributed by atoms with Gasteiger partial charge in [0, 0.05) is 0 Å². The summed E-state index contributed by atoms with van der Waals surface area (Å²) in [6.45, 7) is 0. The van der Waals surface area contributed by atoms with Gasteiger partial charge in [0.1, 0.15) is 16.2 Å². The van der Waals surface area contributed by atoms with E-state index in [9.17, 15) is 27.2 Å². The average Bonchev–Trinajstić information content (AvgIpc) is 2.94. The van der Waals surface area contributed by atoms with Crippen LogP contribution in [0.2, 0.25) is 0 Å². The Morgan fingerprint density at radius 1 is 1.12 bits per heavy atom. The molecule has 1 aromatic carbocycles. The first-order valence-electron chi connectivity index (χ1n) is 6.43. The summed E-state index contributed by atoms with van der Waals surface area (Å²) in [7, 11) is 2.05. The molecule has 0 aliphatic heterocycles. The van der Waals surface area contributed by atoms with Gasteiger partial charge in [-0.1, -0.05) is 0 Å². The van der Waals surface area contributed by atoms with Gasteiger partial charge in [-0.25, -0.2) is 19.0 Å². The van der Waals surface area contributed by atoms with Crippen molar-refractivity contribution in [2.24, 2.45) is 0 Å².